The molecule has 3 aromatic carbocycles. The quantitative estimate of drug-likeness (QED) is 0.502. The Morgan fingerprint density at radius 3 is 2.22 bits per heavy atom. The third-order valence-corrected chi connectivity index (χ3v) is 5.53. The Labute approximate surface area is 190 Å². The van der Waals surface area contributed by atoms with Gasteiger partial charge in [-0.15, -0.1) is 0 Å². The van der Waals surface area contributed by atoms with Gasteiger partial charge in [-0.3, -0.25) is 14.5 Å². The van der Waals surface area contributed by atoms with Crippen LogP contribution in [0.2, 0.25) is 0 Å². The number of nitrogens with one attached hydrogen (secondary N) is 2. The first-order chi connectivity index (χ1) is 15.5. The lowest BCUT2D eigenvalue weighted by Gasteiger charge is -2.18. The molecule has 0 radical (unpaired) electrons. The van der Waals surface area contributed by atoms with E-state index >= 15 is 0 Å². The maximum atomic E-state index is 12.8. The van der Waals surface area contributed by atoms with E-state index in [4.69, 9.17) is 0 Å². The number of hydrogen-bond acceptors (Lipinski definition) is 3. The minimum atomic E-state index is -0.198. The van der Waals surface area contributed by atoms with E-state index in [2.05, 4.69) is 41.5 Å². The molecular formula is C27H31N3O2. The Morgan fingerprint density at radius 1 is 0.781 bits per heavy atom. The third-order valence-electron chi connectivity index (χ3n) is 5.53. The van der Waals surface area contributed by atoms with E-state index in [0.29, 0.717) is 23.4 Å². The normalized spacial score (nSPS) is 10.8. The van der Waals surface area contributed by atoms with Crippen molar-refractivity contribution in [2.75, 3.05) is 18.4 Å². The van der Waals surface area contributed by atoms with Crippen molar-refractivity contribution in [1.82, 2.24) is 10.2 Å². The van der Waals surface area contributed by atoms with Crippen LogP contribution >= 0.6 is 0 Å². The van der Waals surface area contributed by atoms with Crippen LogP contribution in [0.1, 0.15) is 51.3 Å². The van der Waals surface area contributed by atoms with Crippen molar-refractivity contribution in [3.05, 3.63) is 101 Å². The molecule has 2 amide bonds. The molecule has 5 nitrogen and oxygen atoms in total. The van der Waals surface area contributed by atoms with E-state index in [1.165, 1.54) is 5.56 Å². The number of carbonyl (C=O) groups excluding carboxylic acids is 2. The Bertz CT molecular complexity index is 1060. The Hall–Kier alpha value is -3.44. The van der Waals surface area contributed by atoms with Gasteiger partial charge in [-0.25, -0.2) is 0 Å². The molecule has 0 saturated carbocycles. The van der Waals surface area contributed by atoms with E-state index < -0.39 is 0 Å². The maximum absolute atomic E-state index is 12.8. The summed E-state index contributed by atoms with van der Waals surface area (Å²) < 4.78 is 0. The molecule has 2 N–H and O–H groups in total. The Kier molecular flexibility index (Phi) is 8.17. The first-order valence-electron chi connectivity index (χ1n) is 11.1. The summed E-state index contributed by atoms with van der Waals surface area (Å²) in [6.45, 7) is 9.59. The number of amides is 2. The van der Waals surface area contributed by atoms with Crippen LogP contribution in [0, 0.1) is 6.92 Å². The van der Waals surface area contributed by atoms with Gasteiger partial charge in [-0.05, 0) is 61.0 Å². The molecule has 166 valence electrons. The zero-order valence-corrected chi connectivity index (χ0v) is 19.0. The minimum absolute atomic E-state index is 0.172. The lowest BCUT2D eigenvalue weighted by Crippen LogP contribution is -2.24. The van der Waals surface area contributed by atoms with Crippen molar-refractivity contribution in [2.24, 2.45) is 0 Å². The summed E-state index contributed by atoms with van der Waals surface area (Å²) in [6, 6.07) is 22.7. The largest absolute Gasteiger partial charge is 0.348 e. The highest BCUT2D eigenvalue weighted by Gasteiger charge is 2.12. The van der Waals surface area contributed by atoms with Crippen LogP contribution in [-0.4, -0.2) is 29.8 Å². The monoisotopic (exact) mass is 429 g/mol. The summed E-state index contributed by atoms with van der Waals surface area (Å²) in [5.74, 6) is -0.370. The molecular weight excluding hydrogens is 398 g/mol. The van der Waals surface area contributed by atoms with Crippen molar-refractivity contribution in [1.29, 1.82) is 0 Å². The van der Waals surface area contributed by atoms with E-state index in [9.17, 15) is 9.59 Å². The van der Waals surface area contributed by atoms with Crippen molar-refractivity contribution < 1.29 is 9.59 Å². The second-order valence-electron chi connectivity index (χ2n) is 7.81. The fourth-order valence-electron chi connectivity index (χ4n) is 3.51. The summed E-state index contributed by atoms with van der Waals surface area (Å²) in [6.07, 6.45) is 0. The number of aryl methyl sites for hydroxylation is 1. The molecule has 5 heteroatoms. The number of anilines is 1. The smallest absolute Gasteiger partial charge is 0.255 e. The second kappa shape index (κ2) is 11.3. The van der Waals surface area contributed by atoms with Crippen molar-refractivity contribution >= 4 is 17.5 Å². The van der Waals surface area contributed by atoms with Crippen LogP contribution in [0.4, 0.5) is 5.69 Å². The molecule has 0 unspecified atom stereocenters. The molecule has 32 heavy (non-hydrogen) atoms. The van der Waals surface area contributed by atoms with Gasteiger partial charge in [0.15, 0.2) is 0 Å². The molecule has 0 atom stereocenters. The molecule has 0 fully saturated rings. The number of rotatable bonds is 9. The van der Waals surface area contributed by atoms with Gasteiger partial charge in [0, 0.05) is 29.9 Å². The molecule has 0 bridgehead atoms. The van der Waals surface area contributed by atoms with Crippen LogP contribution in [0.15, 0.2) is 72.8 Å². The lowest BCUT2D eigenvalue weighted by molar-refractivity contribution is 0.0949. The molecule has 0 spiro atoms. The third kappa shape index (κ3) is 6.28. The zero-order chi connectivity index (χ0) is 22.9. The van der Waals surface area contributed by atoms with Gasteiger partial charge >= 0.3 is 0 Å². The topological polar surface area (TPSA) is 61.4 Å². The highest BCUT2D eigenvalue weighted by atomic mass is 16.2. The zero-order valence-electron chi connectivity index (χ0n) is 19.0. The minimum Gasteiger partial charge on any atom is -0.348 e. The van der Waals surface area contributed by atoms with Crippen LogP contribution in [0.5, 0.6) is 0 Å². The van der Waals surface area contributed by atoms with E-state index in [1.54, 1.807) is 24.3 Å². The van der Waals surface area contributed by atoms with Gasteiger partial charge < -0.3 is 10.6 Å². The van der Waals surface area contributed by atoms with Gasteiger partial charge in [-0.2, -0.15) is 0 Å². The van der Waals surface area contributed by atoms with Crippen LogP contribution in [0.25, 0.3) is 0 Å². The first kappa shape index (κ1) is 23.2. The molecule has 3 rings (SSSR count). The average molecular weight is 430 g/mol. The molecule has 0 aromatic heterocycles. The van der Waals surface area contributed by atoms with Gasteiger partial charge in [-0.1, -0.05) is 62.4 Å². The van der Waals surface area contributed by atoms with Crippen LogP contribution < -0.4 is 10.6 Å². The lowest BCUT2D eigenvalue weighted by atomic mass is 10.1. The highest BCUT2D eigenvalue weighted by Crippen LogP contribution is 2.18. The average Bonchev–Trinajstić information content (AvgIpc) is 2.83. The van der Waals surface area contributed by atoms with Crippen LogP contribution in [-0.2, 0) is 13.1 Å². The van der Waals surface area contributed by atoms with Crippen molar-refractivity contribution in [3.63, 3.8) is 0 Å². The van der Waals surface area contributed by atoms with Crippen molar-refractivity contribution in [2.45, 2.75) is 33.9 Å². The molecule has 0 aliphatic rings. The number of benzene rings is 3. The molecule has 3 aromatic rings. The number of hydrogen-bond donors (Lipinski definition) is 2. The fraction of sp³-hybridized carbons (Fsp3) is 0.259. The first-order valence-corrected chi connectivity index (χ1v) is 11.1. The summed E-state index contributed by atoms with van der Waals surface area (Å²) in [7, 11) is 0. The van der Waals surface area contributed by atoms with Crippen molar-refractivity contribution in [3.8, 4) is 0 Å². The predicted molar refractivity (Wildman–Crippen MR) is 130 cm³/mol. The summed E-state index contributed by atoms with van der Waals surface area (Å²) >= 11 is 0. The van der Waals surface area contributed by atoms with E-state index in [1.807, 2.05) is 43.3 Å². The van der Waals surface area contributed by atoms with Gasteiger partial charge in [0.05, 0.1) is 0 Å². The Morgan fingerprint density at radius 2 is 1.50 bits per heavy atom. The predicted octanol–water partition coefficient (Wildman–Crippen LogP) is 5.02. The highest BCUT2D eigenvalue weighted by molar-refractivity contribution is 6.05. The second-order valence-corrected chi connectivity index (χ2v) is 7.81. The maximum Gasteiger partial charge on any atom is 0.255 e. The fourth-order valence-corrected chi connectivity index (χ4v) is 3.51. The van der Waals surface area contributed by atoms with Crippen LogP contribution in [0.3, 0.4) is 0 Å². The Balaban J connectivity index is 1.64. The van der Waals surface area contributed by atoms with Gasteiger partial charge in [0.1, 0.15) is 0 Å². The molecule has 0 saturated heterocycles. The number of nitrogens with zero attached hydrogens (tertiary/aromatic N) is 1. The SMILES string of the molecule is CCN(CC)Cc1cccc(CNC(=O)c2ccc(C)c(NC(=O)c3ccccc3)c2)c1. The summed E-state index contributed by atoms with van der Waals surface area (Å²) in [4.78, 5) is 27.6. The summed E-state index contributed by atoms with van der Waals surface area (Å²) in [5, 5.41) is 5.90. The van der Waals surface area contributed by atoms with E-state index in [-0.39, 0.29) is 11.8 Å². The number of carbonyl (C=O) groups is 2. The van der Waals surface area contributed by atoms with Gasteiger partial charge in [0.25, 0.3) is 11.8 Å². The summed E-state index contributed by atoms with van der Waals surface area (Å²) in [5.41, 5.74) is 4.92. The molecule has 0 heterocycles. The van der Waals surface area contributed by atoms with E-state index in [0.717, 1.165) is 30.8 Å². The standard InChI is InChI=1S/C27H31N3O2/c1-4-30(5-2)19-22-11-9-10-21(16-22)18-28-26(31)24-15-14-20(3)25(17-24)29-27(32)23-12-7-6-8-13-23/h6-17H,4-5,18-19H2,1-3H3,(H,28,31)(H,29,32). The molecule has 0 aliphatic carbocycles. The van der Waals surface area contributed by atoms with Gasteiger partial charge in [0.2, 0.25) is 0 Å². The molecule has 0 aliphatic heterocycles.